The number of hydrogen-bond donors (Lipinski definition) is 2. The molecule has 0 spiro atoms. The molecule has 4 heteroatoms. The first-order valence-electron chi connectivity index (χ1n) is 6.08. The van der Waals surface area contributed by atoms with E-state index in [1.807, 2.05) is 6.92 Å². The van der Waals surface area contributed by atoms with E-state index in [1.165, 1.54) is 0 Å². The van der Waals surface area contributed by atoms with Crippen LogP contribution < -0.4 is 5.32 Å². The van der Waals surface area contributed by atoms with E-state index < -0.39 is 0 Å². The number of nitrogens with one attached hydrogen (secondary N) is 1. The average molecular weight is 230 g/mol. The van der Waals surface area contributed by atoms with E-state index >= 15 is 0 Å². The van der Waals surface area contributed by atoms with Crippen LogP contribution in [0.15, 0.2) is 0 Å². The zero-order valence-corrected chi connectivity index (χ0v) is 11.0. The van der Waals surface area contributed by atoms with Crippen molar-refractivity contribution in [1.29, 1.82) is 0 Å². The van der Waals surface area contributed by atoms with Gasteiger partial charge < -0.3 is 15.3 Å². The number of nitrogens with zero attached hydrogens (tertiary/aromatic N) is 1. The Morgan fingerprint density at radius 2 is 2.00 bits per heavy atom. The van der Waals surface area contributed by atoms with E-state index in [9.17, 15) is 4.79 Å². The minimum atomic E-state index is -0.145. The van der Waals surface area contributed by atoms with Crippen LogP contribution in [0.25, 0.3) is 0 Å². The molecule has 0 aliphatic carbocycles. The fourth-order valence-electron chi connectivity index (χ4n) is 1.76. The zero-order valence-electron chi connectivity index (χ0n) is 11.0. The summed E-state index contributed by atoms with van der Waals surface area (Å²) in [5, 5.41) is 12.2. The molecule has 96 valence electrons. The molecule has 0 aliphatic rings. The molecule has 0 aliphatic heterocycles. The molecule has 0 fully saturated rings. The monoisotopic (exact) mass is 230 g/mol. The lowest BCUT2D eigenvalue weighted by Gasteiger charge is -2.21. The number of aliphatic hydroxyl groups is 1. The zero-order chi connectivity index (χ0) is 12.6. The lowest BCUT2D eigenvalue weighted by atomic mass is 10.00. The lowest BCUT2D eigenvalue weighted by molar-refractivity contribution is -0.130. The average Bonchev–Trinajstić information content (AvgIpc) is 2.24. The summed E-state index contributed by atoms with van der Waals surface area (Å²) < 4.78 is 0. The van der Waals surface area contributed by atoms with Gasteiger partial charge in [0, 0.05) is 20.7 Å². The summed E-state index contributed by atoms with van der Waals surface area (Å²) in [6.07, 6.45) is 3.02. The molecule has 0 bridgehead atoms. The molecule has 0 aromatic rings. The molecule has 0 rings (SSSR count). The molecular weight excluding hydrogens is 204 g/mol. The number of hydrogen-bond acceptors (Lipinski definition) is 3. The Bertz CT molecular complexity index is 189. The molecule has 2 atom stereocenters. The van der Waals surface area contributed by atoms with Crippen molar-refractivity contribution in [3.8, 4) is 0 Å². The largest absolute Gasteiger partial charge is 0.396 e. The van der Waals surface area contributed by atoms with Crippen molar-refractivity contribution in [3.05, 3.63) is 0 Å². The fraction of sp³-hybridized carbons (Fsp3) is 0.917. The minimum Gasteiger partial charge on any atom is -0.396 e. The van der Waals surface area contributed by atoms with Crippen LogP contribution in [0.3, 0.4) is 0 Å². The molecular formula is C12H26N2O2. The molecule has 0 heterocycles. The maximum Gasteiger partial charge on any atom is 0.238 e. The summed E-state index contributed by atoms with van der Waals surface area (Å²) in [6, 6.07) is -0.145. The summed E-state index contributed by atoms with van der Waals surface area (Å²) in [4.78, 5) is 13.2. The summed E-state index contributed by atoms with van der Waals surface area (Å²) in [6.45, 7) is 5.04. The third kappa shape index (κ3) is 6.08. The SMILES string of the molecule is CCCC(CCO)CNC(C)C(=O)N(C)C. The Kier molecular flexibility index (Phi) is 8.21. The Morgan fingerprint density at radius 3 is 2.44 bits per heavy atom. The molecule has 0 radical (unpaired) electrons. The van der Waals surface area contributed by atoms with Gasteiger partial charge in [0.15, 0.2) is 0 Å². The Hall–Kier alpha value is -0.610. The van der Waals surface area contributed by atoms with Crippen LogP contribution >= 0.6 is 0 Å². The predicted molar refractivity (Wildman–Crippen MR) is 66.3 cm³/mol. The molecule has 0 aromatic heterocycles. The minimum absolute atomic E-state index is 0.0965. The van der Waals surface area contributed by atoms with Crippen molar-refractivity contribution in [2.24, 2.45) is 5.92 Å². The summed E-state index contributed by atoms with van der Waals surface area (Å²) >= 11 is 0. The Labute approximate surface area is 99.0 Å². The van der Waals surface area contributed by atoms with E-state index in [0.29, 0.717) is 5.92 Å². The quantitative estimate of drug-likeness (QED) is 0.650. The summed E-state index contributed by atoms with van der Waals surface area (Å²) in [5.74, 6) is 0.562. The number of likely N-dealkylation sites (N-methyl/N-ethyl adjacent to an activating group) is 1. The van der Waals surface area contributed by atoms with Gasteiger partial charge in [-0.2, -0.15) is 0 Å². The normalized spacial score (nSPS) is 14.6. The van der Waals surface area contributed by atoms with Crippen LogP contribution in [0.1, 0.15) is 33.1 Å². The molecule has 4 nitrogen and oxygen atoms in total. The topological polar surface area (TPSA) is 52.6 Å². The van der Waals surface area contributed by atoms with Crippen LogP contribution in [0, 0.1) is 5.92 Å². The van der Waals surface area contributed by atoms with Gasteiger partial charge in [-0.1, -0.05) is 13.3 Å². The van der Waals surface area contributed by atoms with Gasteiger partial charge in [0.05, 0.1) is 6.04 Å². The number of carbonyl (C=O) groups is 1. The van der Waals surface area contributed by atoms with Crippen LogP contribution in [0.2, 0.25) is 0 Å². The smallest absolute Gasteiger partial charge is 0.238 e. The Balaban J connectivity index is 3.94. The van der Waals surface area contributed by atoms with Gasteiger partial charge in [-0.15, -0.1) is 0 Å². The van der Waals surface area contributed by atoms with Crippen LogP contribution in [0.4, 0.5) is 0 Å². The van der Waals surface area contributed by atoms with E-state index in [0.717, 1.165) is 25.8 Å². The highest BCUT2D eigenvalue weighted by molar-refractivity contribution is 5.80. The second kappa shape index (κ2) is 8.53. The Morgan fingerprint density at radius 1 is 1.38 bits per heavy atom. The van der Waals surface area contributed by atoms with Gasteiger partial charge in [0.25, 0.3) is 0 Å². The van der Waals surface area contributed by atoms with Gasteiger partial charge in [-0.3, -0.25) is 4.79 Å². The molecule has 1 amide bonds. The first kappa shape index (κ1) is 15.4. The predicted octanol–water partition coefficient (Wildman–Crippen LogP) is 0.851. The van der Waals surface area contributed by atoms with Gasteiger partial charge in [0.2, 0.25) is 5.91 Å². The van der Waals surface area contributed by atoms with E-state index in [2.05, 4.69) is 12.2 Å². The van der Waals surface area contributed by atoms with Crippen LogP contribution in [0.5, 0.6) is 0 Å². The van der Waals surface area contributed by atoms with Crippen LogP contribution in [-0.4, -0.2) is 49.2 Å². The van der Waals surface area contributed by atoms with Crippen molar-refractivity contribution in [1.82, 2.24) is 10.2 Å². The summed E-state index contributed by atoms with van der Waals surface area (Å²) in [5.41, 5.74) is 0. The van der Waals surface area contributed by atoms with E-state index in [1.54, 1.807) is 19.0 Å². The third-order valence-electron chi connectivity index (χ3n) is 2.76. The third-order valence-corrected chi connectivity index (χ3v) is 2.76. The van der Waals surface area contributed by atoms with Crippen molar-refractivity contribution in [2.45, 2.75) is 39.2 Å². The number of amides is 1. The number of carbonyl (C=O) groups excluding carboxylic acids is 1. The molecule has 0 saturated heterocycles. The van der Waals surface area contributed by atoms with Gasteiger partial charge >= 0.3 is 0 Å². The van der Waals surface area contributed by atoms with Crippen molar-refractivity contribution in [2.75, 3.05) is 27.2 Å². The molecule has 2 unspecified atom stereocenters. The van der Waals surface area contributed by atoms with Gasteiger partial charge in [0.1, 0.15) is 0 Å². The van der Waals surface area contributed by atoms with Crippen molar-refractivity contribution >= 4 is 5.91 Å². The maximum absolute atomic E-state index is 11.6. The van der Waals surface area contributed by atoms with Crippen molar-refractivity contribution < 1.29 is 9.90 Å². The van der Waals surface area contributed by atoms with Gasteiger partial charge in [-0.05, 0) is 32.2 Å². The molecule has 16 heavy (non-hydrogen) atoms. The fourth-order valence-corrected chi connectivity index (χ4v) is 1.76. The van der Waals surface area contributed by atoms with E-state index in [-0.39, 0.29) is 18.6 Å². The van der Waals surface area contributed by atoms with Crippen LogP contribution in [-0.2, 0) is 4.79 Å². The highest BCUT2D eigenvalue weighted by Crippen LogP contribution is 2.09. The highest BCUT2D eigenvalue weighted by Gasteiger charge is 2.15. The maximum atomic E-state index is 11.6. The lowest BCUT2D eigenvalue weighted by Crippen LogP contribution is -2.43. The second-order valence-electron chi connectivity index (χ2n) is 4.53. The number of rotatable bonds is 8. The van der Waals surface area contributed by atoms with E-state index in [4.69, 9.17) is 5.11 Å². The summed E-state index contributed by atoms with van der Waals surface area (Å²) in [7, 11) is 3.52. The first-order valence-corrected chi connectivity index (χ1v) is 6.08. The van der Waals surface area contributed by atoms with Gasteiger partial charge in [-0.25, -0.2) is 0 Å². The molecule has 2 N–H and O–H groups in total. The number of aliphatic hydroxyl groups excluding tert-OH is 1. The van der Waals surface area contributed by atoms with Crippen molar-refractivity contribution in [3.63, 3.8) is 0 Å². The highest BCUT2D eigenvalue weighted by atomic mass is 16.3. The molecule has 0 saturated carbocycles. The standard InChI is InChI=1S/C12H26N2O2/c1-5-6-11(7-8-15)9-13-10(2)12(16)14(3)4/h10-11,13,15H,5-9H2,1-4H3. The second-order valence-corrected chi connectivity index (χ2v) is 4.53. The molecule has 0 aromatic carbocycles. The first-order chi connectivity index (χ1) is 7.52.